The number of rotatable bonds is 2. The van der Waals surface area contributed by atoms with E-state index in [1.165, 1.54) is 12.8 Å². The van der Waals surface area contributed by atoms with Crippen molar-refractivity contribution in [3.05, 3.63) is 12.2 Å². The zero-order valence-electron chi connectivity index (χ0n) is 4.57. The Bertz CT molecular complexity index is 29.3. The van der Waals surface area contributed by atoms with Crippen molar-refractivity contribution in [3.63, 3.8) is 0 Å². The molecule has 0 unspecified atom stereocenters. The van der Waals surface area contributed by atoms with Crippen molar-refractivity contribution in [2.24, 2.45) is 0 Å². The van der Waals surface area contributed by atoms with Crippen LogP contribution in [0.5, 0.6) is 0 Å². The molecule has 9 heavy (non-hydrogen) atoms. The van der Waals surface area contributed by atoms with Gasteiger partial charge in [0, 0.05) is 0 Å². The van der Waals surface area contributed by atoms with Crippen LogP contribution in [-0.2, 0) is 0 Å². The van der Waals surface area contributed by atoms with Gasteiger partial charge in [0.25, 0.3) is 0 Å². The molecular formula is C9H24. The first-order valence-corrected chi connectivity index (χ1v) is 2.56. The van der Waals surface area contributed by atoms with Gasteiger partial charge in [-0.2, -0.15) is 0 Å². The Morgan fingerprint density at radius 2 is 1.00 bits per heavy atom. The Hall–Kier alpha value is -0.260. The Morgan fingerprint density at radius 1 is 0.778 bits per heavy atom. The molecule has 0 heteroatoms. The summed E-state index contributed by atoms with van der Waals surface area (Å²) in [5.41, 5.74) is 0. The third-order valence-electron chi connectivity index (χ3n) is 0.638. The minimum atomic E-state index is 0. The summed E-state index contributed by atoms with van der Waals surface area (Å²) in [5, 5.41) is 0. The van der Waals surface area contributed by atoms with Crippen LogP contribution in [0.4, 0.5) is 0 Å². The molecule has 60 valence electrons. The second kappa shape index (κ2) is 25.1. The SMILES string of the molecule is C.C.C.CCC=CCC. The van der Waals surface area contributed by atoms with Crippen LogP contribution in [0.25, 0.3) is 0 Å². The number of hydrogen-bond acceptors (Lipinski definition) is 0. The molecule has 0 aliphatic carbocycles. The minimum Gasteiger partial charge on any atom is -0.0888 e. The van der Waals surface area contributed by atoms with Crippen LogP contribution in [0.3, 0.4) is 0 Å². The monoisotopic (exact) mass is 132 g/mol. The molecule has 0 aliphatic heterocycles. The van der Waals surface area contributed by atoms with E-state index in [-0.39, 0.29) is 22.3 Å². The van der Waals surface area contributed by atoms with Crippen LogP contribution in [0.15, 0.2) is 12.2 Å². The molecule has 0 aromatic carbocycles. The van der Waals surface area contributed by atoms with Crippen LogP contribution >= 0.6 is 0 Å². The molecule has 0 rings (SSSR count). The molecule has 0 N–H and O–H groups in total. The zero-order valence-corrected chi connectivity index (χ0v) is 4.57. The van der Waals surface area contributed by atoms with Gasteiger partial charge in [0.05, 0.1) is 0 Å². The minimum absolute atomic E-state index is 0. The van der Waals surface area contributed by atoms with Gasteiger partial charge < -0.3 is 0 Å². The van der Waals surface area contributed by atoms with Crippen LogP contribution in [-0.4, -0.2) is 0 Å². The first-order chi connectivity index (χ1) is 2.91. The lowest BCUT2D eigenvalue weighted by Crippen LogP contribution is -1.51. The maximum Gasteiger partial charge on any atom is -0.0379 e. The molecule has 0 saturated heterocycles. The van der Waals surface area contributed by atoms with Gasteiger partial charge in [-0.25, -0.2) is 0 Å². The molecule has 0 heterocycles. The Balaban J connectivity index is -0.0000000417. The summed E-state index contributed by atoms with van der Waals surface area (Å²) in [6, 6.07) is 0. The van der Waals surface area contributed by atoms with E-state index in [1.54, 1.807) is 0 Å². The third kappa shape index (κ3) is 34.0. The predicted octanol–water partition coefficient (Wildman–Crippen LogP) is 4.27. The zero-order chi connectivity index (χ0) is 4.83. The third-order valence-corrected chi connectivity index (χ3v) is 0.638. The number of hydrogen-bond donors (Lipinski definition) is 0. The highest BCUT2D eigenvalue weighted by Gasteiger charge is 1.60. The molecule has 0 fully saturated rings. The van der Waals surface area contributed by atoms with Gasteiger partial charge in [0.1, 0.15) is 0 Å². The van der Waals surface area contributed by atoms with E-state index in [4.69, 9.17) is 0 Å². The summed E-state index contributed by atoms with van der Waals surface area (Å²) in [6.07, 6.45) is 6.71. The molecule has 0 aromatic rings. The summed E-state index contributed by atoms with van der Waals surface area (Å²) >= 11 is 0. The van der Waals surface area contributed by atoms with Crippen molar-refractivity contribution >= 4 is 0 Å². The smallest absolute Gasteiger partial charge is 0.0379 e. The highest BCUT2D eigenvalue weighted by atomic mass is 13.7. The average Bonchev–Trinajstić information content (AvgIpc) is 1.61. The van der Waals surface area contributed by atoms with Gasteiger partial charge in [0.2, 0.25) is 0 Å². The molecule has 0 atom stereocenters. The predicted molar refractivity (Wildman–Crippen MR) is 49.9 cm³/mol. The van der Waals surface area contributed by atoms with Crippen molar-refractivity contribution < 1.29 is 0 Å². The molecule has 0 aromatic heterocycles. The molecule has 0 spiro atoms. The second-order valence-electron chi connectivity index (χ2n) is 1.29. The summed E-state index contributed by atoms with van der Waals surface area (Å²) in [7, 11) is 0. The first-order valence-electron chi connectivity index (χ1n) is 2.56. The molecule has 0 amide bonds. The summed E-state index contributed by atoms with van der Waals surface area (Å²) in [5.74, 6) is 0. The quantitative estimate of drug-likeness (QED) is 0.492. The van der Waals surface area contributed by atoms with Gasteiger partial charge in [-0.15, -0.1) is 0 Å². The fourth-order valence-electron chi connectivity index (χ4n) is 0.333. The van der Waals surface area contributed by atoms with Crippen LogP contribution in [0.2, 0.25) is 0 Å². The van der Waals surface area contributed by atoms with Crippen LogP contribution < -0.4 is 0 Å². The maximum atomic E-state index is 2.18. The van der Waals surface area contributed by atoms with Crippen LogP contribution in [0.1, 0.15) is 49.0 Å². The summed E-state index contributed by atoms with van der Waals surface area (Å²) < 4.78 is 0. The Morgan fingerprint density at radius 3 is 1.11 bits per heavy atom. The van der Waals surface area contributed by atoms with E-state index in [0.717, 1.165) is 0 Å². The van der Waals surface area contributed by atoms with E-state index in [2.05, 4.69) is 26.0 Å². The molecular weight excluding hydrogens is 108 g/mol. The highest BCUT2D eigenvalue weighted by molar-refractivity contribution is 4.77. The van der Waals surface area contributed by atoms with Gasteiger partial charge >= 0.3 is 0 Å². The molecule has 0 aliphatic rings. The van der Waals surface area contributed by atoms with E-state index in [0.29, 0.717) is 0 Å². The standard InChI is InChI=1S/C6H12.3CH4/c1-3-5-6-4-2;;;/h5-6H,3-4H2,1-2H3;3*1H4. The van der Waals surface area contributed by atoms with Crippen molar-refractivity contribution in [2.75, 3.05) is 0 Å². The highest BCUT2D eigenvalue weighted by Crippen LogP contribution is 1.81. The van der Waals surface area contributed by atoms with Crippen molar-refractivity contribution in [2.45, 2.75) is 49.0 Å². The van der Waals surface area contributed by atoms with E-state index < -0.39 is 0 Å². The van der Waals surface area contributed by atoms with Gasteiger partial charge in [0.15, 0.2) is 0 Å². The largest absolute Gasteiger partial charge is 0.0888 e. The lowest BCUT2D eigenvalue weighted by molar-refractivity contribution is 1.16. The van der Waals surface area contributed by atoms with Crippen molar-refractivity contribution in [1.29, 1.82) is 0 Å². The first kappa shape index (κ1) is 23.3. The van der Waals surface area contributed by atoms with E-state index in [1.807, 2.05) is 0 Å². The van der Waals surface area contributed by atoms with Gasteiger partial charge in [-0.3, -0.25) is 0 Å². The molecule has 0 saturated carbocycles. The molecule has 0 nitrogen and oxygen atoms in total. The lowest BCUT2D eigenvalue weighted by atomic mass is 10.4. The Labute approximate surface area is 62.0 Å². The van der Waals surface area contributed by atoms with E-state index >= 15 is 0 Å². The Kier molecular flexibility index (Phi) is 65.1. The fourth-order valence-corrected chi connectivity index (χ4v) is 0.333. The average molecular weight is 132 g/mol. The van der Waals surface area contributed by atoms with Crippen molar-refractivity contribution in [1.82, 2.24) is 0 Å². The topological polar surface area (TPSA) is 0 Å². The summed E-state index contributed by atoms with van der Waals surface area (Å²) in [6.45, 7) is 4.29. The molecule has 0 radical (unpaired) electrons. The van der Waals surface area contributed by atoms with Crippen LogP contribution in [0, 0.1) is 0 Å². The van der Waals surface area contributed by atoms with Gasteiger partial charge in [-0.1, -0.05) is 48.3 Å². The number of allylic oxidation sites excluding steroid dienone is 2. The fraction of sp³-hybridized carbons (Fsp3) is 0.778. The second-order valence-corrected chi connectivity index (χ2v) is 1.29. The molecule has 0 bridgehead atoms. The maximum absolute atomic E-state index is 2.18. The summed E-state index contributed by atoms with van der Waals surface area (Å²) in [4.78, 5) is 0. The lowest BCUT2D eigenvalue weighted by Gasteiger charge is -1.72. The van der Waals surface area contributed by atoms with Gasteiger partial charge in [-0.05, 0) is 12.8 Å². The van der Waals surface area contributed by atoms with E-state index in [9.17, 15) is 0 Å². The van der Waals surface area contributed by atoms with Crippen molar-refractivity contribution in [3.8, 4) is 0 Å². The normalized spacial score (nSPS) is 6.89.